The van der Waals surface area contributed by atoms with E-state index in [9.17, 15) is 0 Å². The molecule has 0 aromatic carbocycles. The van der Waals surface area contributed by atoms with Crippen LogP contribution in [0, 0.1) is 10.1 Å². The highest BCUT2D eigenvalue weighted by Gasteiger charge is 2.02. The molecule has 0 aromatic rings. The molecule has 0 aromatic heterocycles. The normalized spacial score (nSPS) is 9.82. The highest BCUT2D eigenvalue weighted by atomic mass is 16.9. The quantitative estimate of drug-likeness (QED) is 0.325. The molecular weight excluding hydrogens is 152 g/mol. The van der Waals surface area contributed by atoms with Gasteiger partial charge in [-0.15, -0.1) is 10.1 Å². The van der Waals surface area contributed by atoms with Crippen molar-refractivity contribution in [1.82, 2.24) is 0 Å². The fraction of sp³-hybridized carbons (Fsp3) is 1.00. The van der Waals surface area contributed by atoms with Crippen LogP contribution in [0.3, 0.4) is 0 Å². The van der Waals surface area contributed by atoms with Gasteiger partial charge in [0.25, 0.3) is 5.09 Å². The summed E-state index contributed by atoms with van der Waals surface area (Å²) in [5.41, 5.74) is 0. The Bertz CT molecular complexity index is 106. The molecule has 68 valence electrons. The SMILES string of the molecule is C[N+](C)(C)CCO.O=[N+]([O-])O. The summed E-state index contributed by atoms with van der Waals surface area (Å²) in [6.07, 6.45) is 0. The molecule has 0 bridgehead atoms. The first-order valence-electron chi connectivity index (χ1n) is 3.04. The molecule has 0 aliphatic heterocycles. The van der Waals surface area contributed by atoms with Gasteiger partial charge in [0.1, 0.15) is 6.54 Å². The topological polar surface area (TPSA) is 83.6 Å². The van der Waals surface area contributed by atoms with Gasteiger partial charge in [0, 0.05) is 0 Å². The fourth-order valence-corrected chi connectivity index (χ4v) is 0.300. The van der Waals surface area contributed by atoms with Crippen molar-refractivity contribution in [2.24, 2.45) is 0 Å². The molecular formula is C5H15N2O4+. The second-order valence-electron chi connectivity index (χ2n) is 2.98. The van der Waals surface area contributed by atoms with Crippen LogP contribution < -0.4 is 0 Å². The first-order valence-corrected chi connectivity index (χ1v) is 3.04. The smallest absolute Gasteiger partial charge is 0.291 e. The van der Waals surface area contributed by atoms with Crippen molar-refractivity contribution in [2.45, 2.75) is 0 Å². The molecule has 0 rings (SSSR count). The summed E-state index contributed by atoms with van der Waals surface area (Å²) in [5, 5.41) is 22.0. The van der Waals surface area contributed by atoms with Crippen LogP contribution in [0.4, 0.5) is 0 Å². The molecule has 0 fully saturated rings. The number of hydrogen-bond acceptors (Lipinski definition) is 3. The van der Waals surface area contributed by atoms with E-state index < -0.39 is 5.09 Å². The Hall–Kier alpha value is -0.880. The summed E-state index contributed by atoms with van der Waals surface area (Å²) < 4.78 is 0.844. The maximum atomic E-state index is 8.39. The average molecular weight is 167 g/mol. The Balaban J connectivity index is 0. The van der Waals surface area contributed by atoms with Crippen molar-refractivity contribution < 1.29 is 19.9 Å². The highest BCUT2D eigenvalue weighted by molar-refractivity contribution is 4.19. The van der Waals surface area contributed by atoms with Crippen LogP contribution in [0.25, 0.3) is 0 Å². The lowest BCUT2D eigenvalue weighted by molar-refractivity contribution is -0.870. The summed E-state index contributed by atoms with van der Waals surface area (Å²) in [6.45, 7) is 1.11. The van der Waals surface area contributed by atoms with Gasteiger partial charge in [-0.1, -0.05) is 0 Å². The summed E-state index contributed by atoms with van der Waals surface area (Å²) >= 11 is 0. The van der Waals surface area contributed by atoms with Crippen LogP contribution in [0.5, 0.6) is 0 Å². The number of quaternary nitrogens is 1. The molecule has 11 heavy (non-hydrogen) atoms. The third-order valence-corrected chi connectivity index (χ3v) is 0.771. The molecule has 0 radical (unpaired) electrons. The zero-order valence-electron chi connectivity index (χ0n) is 7.02. The van der Waals surface area contributed by atoms with Gasteiger partial charge in [0.15, 0.2) is 0 Å². The van der Waals surface area contributed by atoms with E-state index in [0.29, 0.717) is 0 Å². The fourth-order valence-electron chi connectivity index (χ4n) is 0.300. The zero-order chi connectivity index (χ0) is 9.49. The van der Waals surface area contributed by atoms with Crippen LogP contribution in [0.2, 0.25) is 0 Å². The van der Waals surface area contributed by atoms with E-state index in [4.69, 9.17) is 20.4 Å². The first kappa shape index (κ1) is 12.8. The van der Waals surface area contributed by atoms with Crippen LogP contribution in [-0.4, -0.2) is 54.2 Å². The minimum Gasteiger partial charge on any atom is -0.391 e. The molecule has 0 unspecified atom stereocenters. The molecule has 0 atom stereocenters. The minimum absolute atomic E-state index is 0.281. The van der Waals surface area contributed by atoms with Gasteiger partial charge in [-0.3, -0.25) is 0 Å². The number of likely N-dealkylation sites (N-methyl/N-ethyl adjacent to an activating group) is 1. The van der Waals surface area contributed by atoms with Crippen molar-refractivity contribution in [3.63, 3.8) is 0 Å². The largest absolute Gasteiger partial charge is 0.391 e. The number of aliphatic hydroxyl groups is 1. The van der Waals surface area contributed by atoms with E-state index in [0.717, 1.165) is 11.0 Å². The molecule has 0 spiro atoms. The van der Waals surface area contributed by atoms with E-state index in [1.54, 1.807) is 0 Å². The standard InChI is InChI=1S/C5H14NO.HNO3/c1-6(2,3)4-5-7;2-1(3)4/h7H,4-5H2,1-3H3;(H,2,3,4)/q+1;. The van der Waals surface area contributed by atoms with Crippen molar-refractivity contribution in [3.8, 4) is 0 Å². The number of hydrogen-bond donors (Lipinski definition) is 2. The van der Waals surface area contributed by atoms with E-state index >= 15 is 0 Å². The molecule has 0 saturated heterocycles. The third-order valence-electron chi connectivity index (χ3n) is 0.771. The number of rotatable bonds is 2. The first-order chi connectivity index (χ1) is 4.79. The molecule has 6 heteroatoms. The Morgan fingerprint density at radius 2 is 1.73 bits per heavy atom. The lowest BCUT2D eigenvalue weighted by atomic mass is 10.5. The van der Waals surface area contributed by atoms with Crippen molar-refractivity contribution >= 4 is 0 Å². The Morgan fingerprint density at radius 1 is 1.45 bits per heavy atom. The van der Waals surface area contributed by atoms with Gasteiger partial charge < -0.3 is 14.8 Å². The highest BCUT2D eigenvalue weighted by Crippen LogP contribution is 1.84. The van der Waals surface area contributed by atoms with Crippen LogP contribution in [0.1, 0.15) is 0 Å². The maximum Gasteiger partial charge on any atom is 0.291 e. The van der Waals surface area contributed by atoms with Crippen LogP contribution in [-0.2, 0) is 0 Å². The number of aliphatic hydroxyl groups excluding tert-OH is 1. The van der Waals surface area contributed by atoms with E-state index in [2.05, 4.69) is 21.1 Å². The van der Waals surface area contributed by atoms with Gasteiger partial charge >= 0.3 is 0 Å². The second kappa shape index (κ2) is 5.87. The number of nitrogens with zero attached hydrogens (tertiary/aromatic N) is 2. The summed E-state index contributed by atoms with van der Waals surface area (Å²) in [4.78, 5) is 8.36. The van der Waals surface area contributed by atoms with Gasteiger partial charge in [0.2, 0.25) is 0 Å². The molecule has 6 nitrogen and oxygen atoms in total. The van der Waals surface area contributed by atoms with Crippen LogP contribution >= 0.6 is 0 Å². The predicted molar refractivity (Wildman–Crippen MR) is 38.8 cm³/mol. The molecule has 0 heterocycles. The summed E-state index contributed by atoms with van der Waals surface area (Å²) in [5.74, 6) is 0. The molecule has 0 saturated carbocycles. The average Bonchev–Trinajstić information content (AvgIpc) is 1.58. The van der Waals surface area contributed by atoms with Crippen LogP contribution in [0.15, 0.2) is 0 Å². The van der Waals surface area contributed by atoms with Crippen molar-refractivity contribution in [3.05, 3.63) is 10.1 Å². The lowest BCUT2D eigenvalue weighted by Gasteiger charge is -2.21. The summed E-state index contributed by atoms with van der Waals surface area (Å²) in [7, 11) is 6.16. The van der Waals surface area contributed by atoms with Gasteiger partial charge in [-0.2, -0.15) is 0 Å². The van der Waals surface area contributed by atoms with Crippen molar-refractivity contribution in [2.75, 3.05) is 34.3 Å². The van der Waals surface area contributed by atoms with Gasteiger partial charge in [0.05, 0.1) is 27.7 Å². The molecule has 0 aliphatic rings. The molecule has 2 N–H and O–H groups in total. The Morgan fingerprint density at radius 3 is 1.73 bits per heavy atom. The predicted octanol–water partition coefficient (Wildman–Crippen LogP) is -0.663. The monoisotopic (exact) mass is 167 g/mol. The van der Waals surface area contributed by atoms with E-state index in [1.807, 2.05) is 0 Å². The lowest BCUT2D eigenvalue weighted by Crippen LogP contribution is -2.36. The Kier molecular flexibility index (Phi) is 6.81. The maximum absolute atomic E-state index is 8.39. The zero-order valence-corrected chi connectivity index (χ0v) is 7.02. The molecule has 0 amide bonds. The van der Waals surface area contributed by atoms with E-state index in [1.165, 1.54) is 0 Å². The summed E-state index contributed by atoms with van der Waals surface area (Å²) in [6, 6.07) is 0. The molecule has 0 aliphatic carbocycles. The van der Waals surface area contributed by atoms with E-state index in [-0.39, 0.29) is 6.61 Å². The van der Waals surface area contributed by atoms with Gasteiger partial charge in [-0.25, -0.2) is 0 Å². The van der Waals surface area contributed by atoms with Crippen molar-refractivity contribution in [1.29, 1.82) is 0 Å². The minimum atomic E-state index is -1.50. The Labute approximate surface area is 65.4 Å². The third kappa shape index (κ3) is 47.5. The van der Waals surface area contributed by atoms with Gasteiger partial charge in [-0.05, 0) is 0 Å². The second-order valence-corrected chi connectivity index (χ2v) is 2.98.